The van der Waals surface area contributed by atoms with E-state index in [-0.39, 0.29) is 4.75 Å². The average molecular weight is 189 g/mol. The Kier molecular flexibility index (Phi) is 3.29. The molecule has 0 amide bonds. The monoisotopic (exact) mass is 189 g/mol. The number of rotatable bonds is 2. The van der Waals surface area contributed by atoms with Crippen LogP contribution in [-0.4, -0.2) is 39.7 Å². The first-order valence-corrected chi connectivity index (χ1v) is 6.03. The molecule has 0 aromatic heterocycles. The predicted molar refractivity (Wildman–Crippen MR) is 53.8 cm³/mol. The van der Waals surface area contributed by atoms with Gasteiger partial charge in [0.25, 0.3) is 0 Å². The molecule has 0 aromatic carbocycles. The molecule has 0 radical (unpaired) electrons. The molecule has 1 atom stereocenters. The topological polar surface area (TPSA) is 20.3 Å². The summed E-state index contributed by atoms with van der Waals surface area (Å²) < 4.78 is 11.9. The van der Waals surface area contributed by atoms with Crippen molar-refractivity contribution in [2.75, 3.05) is 25.9 Å². The smallest absolute Gasteiger partial charge is 0.0581 e. The van der Waals surface area contributed by atoms with E-state index >= 15 is 0 Å². The van der Waals surface area contributed by atoms with Crippen LogP contribution in [0.25, 0.3) is 0 Å². The summed E-state index contributed by atoms with van der Waals surface area (Å²) in [7, 11) is 1.52. The Hall–Kier alpha value is 0.110. The molecular formula is C9H19NOS. The van der Waals surface area contributed by atoms with E-state index in [9.17, 15) is 4.21 Å². The molecule has 0 N–H and O–H groups in total. The molecule has 0 spiro atoms. The van der Waals surface area contributed by atoms with E-state index in [2.05, 4.69) is 25.8 Å². The maximum atomic E-state index is 11.8. The van der Waals surface area contributed by atoms with Crippen LogP contribution in [0.15, 0.2) is 0 Å². The van der Waals surface area contributed by atoms with E-state index in [0.717, 1.165) is 31.7 Å². The molecule has 2 nitrogen and oxygen atoms in total. The zero-order valence-electron chi connectivity index (χ0n) is 8.30. The minimum atomic E-state index is -0.599. The Morgan fingerprint density at radius 3 is 2.42 bits per heavy atom. The molecule has 0 bridgehead atoms. The van der Waals surface area contributed by atoms with Crippen molar-refractivity contribution in [2.24, 2.45) is 0 Å². The van der Waals surface area contributed by atoms with E-state index in [1.807, 2.05) is 0 Å². The van der Waals surface area contributed by atoms with Crippen LogP contribution < -0.4 is 0 Å². The highest BCUT2D eigenvalue weighted by molar-refractivity contribution is 7.86. The molecule has 12 heavy (non-hydrogen) atoms. The van der Waals surface area contributed by atoms with Gasteiger partial charge in [0.15, 0.2) is 0 Å². The van der Waals surface area contributed by atoms with Gasteiger partial charge in [-0.3, -0.25) is 4.21 Å². The Balaban J connectivity index is 2.75. The molecule has 72 valence electrons. The van der Waals surface area contributed by atoms with Gasteiger partial charge in [-0.1, -0.05) is 13.8 Å². The van der Waals surface area contributed by atoms with Crippen LogP contribution in [0.5, 0.6) is 0 Å². The Bertz CT molecular complexity index is 177. The predicted octanol–water partition coefficient (Wildman–Crippen LogP) is 1.24. The summed E-state index contributed by atoms with van der Waals surface area (Å²) in [6.45, 7) is 6.31. The van der Waals surface area contributed by atoms with Crippen molar-refractivity contribution >= 4 is 10.8 Å². The van der Waals surface area contributed by atoms with E-state index in [0.29, 0.717) is 0 Å². The van der Waals surface area contributed by atoms with Gasteiger partial charge in [-0.2, -0.15) is 0 Å². The summed E-state index contributed by atoms with van der Waals surface area (Å²) in [4.78, 5) is 2.30. The van der Waals surface area contributed by atoms with Crippen molar-refractivity contribution < 1.29 is 4.21 Å². The lowest BCUT2D eigenvalue weighted by molar-refractivity contribution is 0.281. The minimum Gasteiger partial charge on any atom is -0.304 e. The summed E-state index contributed by atoms with van der Waals surface area (Å²) in [6, 6.07) is 0. The SMILES string of the molecule is CCC1(CC)CN(C)CCS1=O. The highest BCUT2D eigenvalue weighted by Crippen LogP contribution is 2.27. The fourth-order valence-corrected chi connectivity index (χ4v) is 3.81. The van der Waals surface area contributed by atoms with Crippen LogP contribution in [0.4, 0.5) is 0 Å². The third-order valence-electron chi connectivity index (χ3n) is 2.99. The molecule has 1 fully saturated rings. The summed E-state index contributed by atoms with van der Waals surface area (Å²) in [5, 5.41) is 0. The maximum absolute atomic E-state index is 11.8. The molecule has 1 aliphatic rings. The van der Waals surface area contributed by atoms with Gasteiger partial charge in [0.2, 0.25) is 0 Å². The van der Waals surface area contributed by atoms with E-state index in [1.54, 1.807) is 0 Å². The summed E-state index contributed by atoms with van der Waals surface area (Å²) in [5.41, 5.74) is 0. The summed E-state index contributed by atoms with van der Waals surface area (Å²) in [5.74, 6) is 0.859. The van der Waals surface area contributed by atoms with Crippen molar-refractivity contribution in [1.82, 2.24) is 4.90 Å². The van der Waals surface area contributed by atoms with Gasteiger partial charge in [0, 0.05) is 29.6 Å². The van der Waals surface area contributed by atoms with Crippen molar-refractivity contribution in [3.05, 3.63) is 0 Å². The van der Waals surface area contributed by atoms with Crippen LogP contribution >= 0.6 is 0 Å². The highest BCUT2D eigenvalue weighted by Gasteiger charge is 2.37. The number of hydrogen-bond acceptors (Lipinski definition) is 2. The third-order valence-corrected chi connectivity index (χ3v) is 5.21. The lowest BCUT2D eigenvalue weighted by Gasteiger charge is -2.39. The van der Waals surface area contributed by atoms with Crippen molar-refractivity contribution in [1.29, 1.82) is 0 Å². The second-order valence-electron chi connectivity index (χ2n) is 3.68. The molecule has 1 unspecified atom stereocenters. The van der Waals surface area contributed by atoms with Crippen molar-refractivity contribution in [3.8, 4) is 0 Å². The van der Waals surface area contributed by atoms with Gasteiger partial charge >= 0.3 is 0 Å². The first-order valence-electron chi connectivity index (χ1n) is 4.71. The summed E-state index contributed by atoms with van der Waals surface area (Å²) >= 11 is 0. The van der Waals surface area contributed by atoms with Crippen molar-refractivity contribution in [2.45, 2.75) is 31.4 Å². The van der Waals surface area contributed by atoms with Crippen LogP contribution in [0.2, 0.25) is 0 Å². The molecule has 1 rings (SSSR count). The van der Waals surface area contributed by atoms with Crippen LogP contribution in [0, 0.1) is 0 Å². The Morgan fingerprint density at radius 2 is 2.00 bits per heavy atom. The fraction of sp³-hybridized carbons (Fsp3) is 1.00. The third kappa shape index (κ3) is 1.72. The molecular weight excluding hydrogens is 170 g/mol. The normalized spacial score (nSPS) is 30.4. The van der Waals surface area contributed by atoms with Gasteiger partial charge in [-0.05, 0) is 19.9 Å². The standard InChI is InChI=1S/C9H19NOS/c1-4-9(5-2)8-10(3)6-7-12(9)11/h4-8H2,1-3H3. The van der Waals surface area contributed by atoms with Crippen LogP contribution in [0.3, 0.4) is 0 Å². The second kappa shape index (κ2) is 3.88. The number of hydrogen-bond donors (Lipinski definition) is 0. The molecule has 3 heteroatoms. The van der Waals surface area contributed by atoms with Crippen LogP contribution in [-0.2, 0) is 10.8 Å². The molecule has 1 saturated heterocycles. The molecule has 0 aliphatic carbocycles. The van der Waals surface area contributed by atoms with Gasteiger partial charge in [0.05, 0.1) is 4.75 Å². The maximum Gasteiger partial charge on any atom is 0.0581 e. The zero-order chi connectivity index (χ0) is 9.19. The minimum absolute atomic E-state index is 0.0903. The largest absolute Gasteiger partial charge is 0.304 e. The van der Waals surface area contributed by atoms with Gasteiger partial charge in [-0.15, -0.1) is 0 Å². The van der Waals surface area contributed by atoms with Gasteiger partial charge in [0.1, 0.15) is 0 Å². The van der Waals surface area contributed by atoms with Crippen LogP contribution in [0.1, 0.15) is 26.7 Å². The van der Waals surface area contributed by atoms with Gasteiger partial charge in [-0.25, -0.2) is 0 Å². The lowest BCUT2D eigenvalue weighted by atomic mass is 10.0. The summed E-state index contributed by atoms with van der Waals surface area (Å²) in [6.07, 6.45) is 2.08. The van der Waals surface area contributed by atoms with Gasteiger partial charge < -0.3 is 4.90 Å². The van der Waals surface area contributed by atoms with Crippen molar-refractivity contribution in [3.63, 3.8) is 0 Å². The first-order chi connectivity index (χ1) is 5.64. The first kappa shape index (κ1) is 10.2. The molecule has 0 aromatic rings. The van der Waals surface area contributed by atoms with E-state index in [1.165, 1.54) is 0 Å². The second-order valence-corrected chi connectivity index (χ2v) is 5.64. The van der Waals surface area contributed by atoms with E-state index < -0.39 is 10.8 Å². The lowest BCUT2D eigenvalue weighted by Crippen LogP contribution is -2.51. The molecule has 1 heterocycles. The quantitative estimate of drug-likeness (QED) is 0.651. The Morgan fingerprint density at radius 1 is 1.42 bits per heavy atom. The fourth-order valence-electron chi connectivity index (χ4n) is 1.89. The zero-order valence-corrected chi connectivity index (χ0v) is 9.12. The highest BCUT2D eigenvalue weighted by atomic mass is 32.2. The molecule has 0 saturated carbocycles. The Labute approximate surface area is 77.8 Å². The number of nitrogens with zero attached hydrogens (tertiary/aromatic N) is 1. The molecule has 1 aliphatic heterocycles. The average Bonchev–Trinajstić information content (AvgIpc) is 2.09. The van der Waals surface area contributed by atoms with E-state index in [4.69, 9.17) is 0 Å².